The molecule has 0 saturated carbocycles. The molecular weight excluding hydrogens is 180 g/mol. The third-order valence-electron chi connectivity index (χ3n) is 2.08. The van der Waals surface area contributed by atoms with E-state index in [4.69, 9.17) is 5.11 Å². The summed E-state index contributed by atoms with van der Waals surface area (Å²) in [5, 5.41) is 14.7. The lowest BCUT2D eigenvalue weighted by atomic mass is 10.2. The van der Waals surface area contributed by atoms with Gasteiger partial charge < -0.3 is 15.7 Å². The highest BCUT2D eigenvalue weighted by Crippen LogP contribution is 1.90. The van der Waals surface area contributed by atoms with Crippen molar-refractivity contribution in [3.05, 3.63) is 0 Å². The van der Waals surface area contributed by atoms with Gasteiger partial charge in [-0.15, -0.1) is 0 Å². The Bertz CT molecular complexity index is 151. The summed E-state index contributed by atoms with van der Waals surface area (Å²) >= 11 is 0. The fourth-order valence-corrected chi connectivity index (χ4v) is 1.09. The molecule has 0 aromatic carbocycles. The van der Waals surface area contributed by atoms with Crippen LogP contribution in [0.4, 0.5) is 0 Å². The minimum Gasteiger partial charge on any atom is -0.480 e. The molecule has 4 nitrogen and oxygen atoms in total. The van der Waals surface area contributed by atoms with Crippen molar-refractivity contribution in [2.24, 2.45) is 0 Å². The van der Waals surface area contributed by atoms with Crippen LogP contribution in [0.25, 0.3) is 0 Å². The second-order valence-corrected chi connectivity index (χ2v) is 3.47. The second kappa shape index (κ2) is 8.97. The van der Waals surface area contributed by atoms with E-state index in [1.807, 2.05) is 0 Å². The fraction of sp³-hybridized carbons (Fsp3) is 0.900. The molecule has 0 fully saturated rings. The summed E-state index contributed by atoms with van der Waals surface area (Å²) < 4.78 is 0. The van der Waals surface area contributed by atoms with Crippen LogP contribution in [0.5, 0.6) is 0 Å². The highest BCUT2D eigenvalue weighted by molar-refractivity contribution is 5.72. The average molecular weight is 202 g/mol. The highest BCUT2D eigenvalue weighted by Gasteiger charge is 2.07. The van der Waals surface area contributed by atoms with E-state index in [9.17, 15) is 4.79 Å². The quantitative estimate of drug-likeness (QED) is 0.485. The summed E-state index contributed by atoms with van der Waals surface area (Å²) in [7, 11) is 0. The zero-order chi connectivity index (χ0) is 10.8. The van der Waals surface area contributed by atoms with Crippen LogP contribution in [-0.2, 0) is 4.79 Å². The molecule has 0 saturated heterocycles. The molecule has 0 aliphatic heterocycles. The van der Waals surface area contributed by atoms with E-state index in [0.717, 1.165) is 13.1 Å². The molecule has 0 spiro atoms. The lowest BCUT2D eigenvalue weighted by Gasteiger charge is -2.09. The van der Waals surface area contributed by atoms with Gasteiger partial charge in [-0.3, -0.25) is 4.79 Å². The van der Waals surface area contributed by atoms with Gasteiger partial charge in [-0.2, -0.15) is 0 Å². The minimum absolute atomic E-state index is 0.451. The van der Waals surface area contributed by atoms with Crippen molar-refractivity contribution in [3.63, 3.8) is 0 Å². The van der Waals surface area contributed by atoms with Crippen LogP contribution >= 0.6 is 0 Å². The number of carboxylic acids is 1. The Balaban J connectivity index is 3.09. The van der Waals surface area contributed by atoms with Gasteiger partial charge in [-0.25, -0.2) is 0 Å². The molecule has 0 rings (SSSR count). The van der Waals surface area contributed by atoms with Gasteiger partial charge in [-0.1, -0.05) is 19.8 Å². The van der Waals surface area contributed by atoms with Gasteiger partial charge in [0.1, 0.15) is 6.04 Å². The molecule has 1 atom stereocenters. The Morgan fingerprint density at radius 3 is 2.57 bits per heavy atom. The first-order chi connectivity index (χ1) is 6.68. The van der Waals surface area contributed by atoms with Gasteiger partial charge in [0.05, 0.1) is 0 Å². The molecule has 0 bridgehead atoms. The number of nitrogens with one attached hydrogen (secondary N) is 2. The van der Waals surface area contributed by atoms with Crippen LogP contribution < -0.4 is 10.6 Å². The van der Waals surface area contributed by atoms with E-state index >= 15 is 0 Å². The molecule has 84 valence electrons. The van der Waals surface area contributed by atoms with Crippen LogP contribution in [0, 0.1) is 0 Å². The maximum absolute atomic E-state index is 10.4. The van der Waals surface area contributed by atoms with Crippen molar-refractivity contribution in [1.29, 1.82) is 0 Å². The molecule has 0 aromatic rings. The zero-order valence-electron chi connectivity index (χ0n) is 9.18. The van der Waals surface area contributed by atoms with Gasteiger partial charge in [0.2, 0.25) is 0 Å². The van der Waals surface area contributed by atoms with Crippen molar-refractivity contribution in [3.8, 4) is 0 Å². The van der Waals surface area contributed by atoms with Gasteiger partial charge in [0.25, 0.3) is 0 Å². The molecule has 0 heterocycles. The topological polar surface area (TPSA) is 61.4 Å². The van der Waals surface area contributed by atoms with Gasteiger partial charge in [-0.05, 0) is 19.9 Å². The van der Waals surface area contributed by atoms with Crippen LogP contribution in [-0.4, -0.2) is 36.8 Å². The maximum Gasteiger partial charge on any atom is 0.320 e. The summed E-state index contributed by atoms with van der Waals surface area (Å²) in [5.41, 5.74) is 0. The first-order valence-electron chi connectivity index (χ1n) is 5.35. The van der Waals surface area contributed by atoms with Crippen LogP contribution in [0.1, 0.15) is 33.1 Å². The van der Waals surface area contributed by atoms with Gasteiger partial charge in [0.15, 0.2) is 0 Å². The summed E-state index contributed by atoms with van der Waals surface area (Å²) in [4.78, 5) is 10.4. The van der Waals surface area contributed by atoms with E-state index in [-0.39, 0.29) is 0 Å². The van der Waals surface area contributed by atoms with E-state index in [0.29, 0.717) is 6.54 Å². The number of hydrogen-bond acceptors (Lipinski definition) is 3. The highest BCUT2D eigenvalue weighted by atomic mass is 16.4. The average Bonchev–Trinajstić information content (AvgIpc) is 2.16. The number of unbranched alkanes of at least 4 members (excludes halogenated alkanes) is 2. The van der Waals surface area contributed by atoms with E-state index < -0.39 is 12.0 Å². The van der Waals surface area contributed by atoms with Crippen molar-refractivity contribution >= 4 is 5.97 Å². The molecule has 14 heavy (non-hydrogen) atoms. The molecule has 0 amide bonds. The third kappa shape index (κ3) is 8.01. The SMILES string of the molecule is CCCCCNCCNC(C)C(=O)O. The maximum atomic E-state index is 10.4. The first-order valence-corrected chi connectivity index (χ1v) is 5.35. The Morgan fingerprint density at radius 1 is 1.29 bits per heavy atom. The Hall–Kier alpha value is -0.610. The standard InChI is InChI=1S/C10H22N2O2/c1-3-4-5-6-11-7-8-12-9(2)10(13)14/h9,11-12H,3-8H2,1-2H3,(H,13,14). The lowest BCUT2D eigenvalue weighted by Crippen LogP contribution is -2.38. The van der Waals surface area contributed by atoms with Crippen LogP contribution in [0.15, 0.2) is 0 Å². The fourth-order valence-electron chi connectivity index (χ4n) is 1.09. The minimum atomic E-state index is -0.795. The second-order valence-electron chi connectivity index (χ2n) is 3.47. The monoisotopic (exact) mass is 202 g/mol. The molecule has 1 unspecified atom stereocenters. The Kier molecular flexibility index (Phi) is 8.57. The molecule has 0 aliphatic carbocycles. The smallest absolute Gasteiger partial charge is 0.320 e. The van der Waals surface area contributed by atoms with Gasteiger partial charge >= 0.3 is 5.97 Å². The predicted molar refractivity (Wildman–Crippen MR) is 57.5 cm³/mol. The van der Waals surface area contributed by atoms with E-state index in [1.165, 1.54) is 19.3 Å². The molecule has 3 N–H and O–H groups in total. The number of rotatable bonds is 9. The first kappa shape index (κ1) is 13.4. The Morgan fingerprint density at radius 2 is 2.00 bits per heavy atom. The molecular formula is C10H22N2O2. The molecule has 4 heteroatoms. The largest absolute Gasteiger partial charge is 0.480 e. The number of aliphatic carboxylic acids is 1. The van der Waals surface area contributed by atoms with Gasteiger partial charge in [0, 0.05) is 13.1 Å². The van der Waals surface area contributed by atoms with E-state index in [2.05, 4.69) is 17.6 Å². The van der Waals surface area contributed by atoms with Crippen molar-refractivity contribution < 1.29 is 9.90 Å². The lowest BCUT2D eigenvalue weighted by molar-refractivity contribution is -0.138. The Labute approximate surface area is 86.1 Å². The predicted octanol–water partition coefficient (Wildman–Crippen LogP) is 0.829. The molecule has 0 aliphatic rings. The zero-order valence-corrected chi connectivity index (χ0v) is 9.18. The summed E-state index contributed by atoms with van der Waals surface area (Å²) in [6.07, 6.45) is 3.69. The normalized spacial score (nSPS) is 12.7. The van der Waals surface area contributed by atoms with E-state index in [1.54, 1.807) is 6.92 Å². The summed E-state index contributed by atoms with van der Waals surface area (Å²) in [6.45, 7) is 6.40. The van der Waals surface area contributed by atoms with Crippen LogP contribution in [0.3, 0.4) is 0 Å². The molecule has 0 radical (unpaired) electrons. The molecule has 0 aromatic heterocycles. The van der Waals surface area contributed by atoms with Crippen molar-refractivity contribution in [2.45, 2.75) is 39.2 Å². The van der Waals surface area contributed by atoms with Crippen LogP contribution in [0.2, 0.25) is 0 Å². The van der Waals surface area contributed by atoms with Crippen molar-refractivity contribution in [2.75, 3.05) is 19.6 Å². The summed E-state index contributed by atoms with van der Waals surface area (Å²) in [5.74, 6) is -0.795. The summed E-state index contributed by atoms with van der Waals surface area (Å²) in [6, 6.07) is -0.451. The van der Waals surface area contributed by atoms with Crippen molar-refractivity contribution in [1.82, 2.24) is 10.6 Å². The number of carboxylic acid groups (broad SMARTS) is 1. The number of hydrogen-bond donors (Lipinski definition) is 3. The number of carbonyl (C=O) groups is 1. The third-order valence-corrected chi connectivity index (χ3v) is 2.08.